The van der Waals surface area contributed by atoms with Crippen molar-refractivity contribution in [3.8, 4) is 11.5 Å². The van der Waals surface area contributed by atoms with E-state index in [4.69, 9.17) is 0 Å². The van der Waals surface area contributed by atoms with Gasteiger partial charge < -0.3 is 14.9 Å². The Kier molecular flexibility index (Phi) is 5.89. The zero-order valence-electron chi connectivity index (χ0n) is 14.7. The molecule has 1 aromatic heterocycles. The fourth-order valence-electron chi connectivity index (χ4n) is 2.50. The fourth-order valence-corrected chi connectivity index (χ4v) is 3.28. The molecule has 0 aliphatic carbocycles. The van der Waals surface area contributed by atoms with Crippen LogP contribution in [-0.4, -0.2) is 43.5 Å². The van der Waals surface area contributed by atoms with Crippen LogP contribution in [0.2, 0.25) is 0 Å². The van der Waals surface area contributed by atoms with Gasteiger partial charge in [-0.2, -0.15) is 0 Å². The summed E-state index contributed by atoms with van der Waals surface area (Å²) in [6, 6.07) is 3.06. The Morgan fingerprint density at radius 3 is 2.64 bits per heavy atom. The largest absolute Gasteiger partial charge is 0.508 e. The van der Waals surface area contributed by atoms with Crippen LogP contribution >= 0.6 is 11.8 Å². The molecule has 8 nitrogen and oxygen atoms in total. The van der Waals surface area contributed by atoms with E-state index in [9.17, 15) is 15.0 Å². The molecule has 1 aromatic carbocycles. The lowest BCUT2D eigenvalue weighted by Crippen LogP contribution is -2.18. The van der Waals surface area contributed by atoms with Gasteiger partial charge in [-0.3, -0.25) is 4.79 Å². The number of carbonyl (C=O) groups excluding carboxylic acids is 1. The SMILES string of the molecule is COC(=O)CCCC(C)(C)c1cc(Sc2nnnn2C)c(O)cc1O. The first kappa shape index (κ1) is 19.0. The highest BCUT2D eigenvalue weighted by Crippen LogP contribution is 2.42. The third kappa shape index (κ3) is 4.62. The van der Waals surface area contributed by atoms with Gasteiger partial charge in [0.05, 0.1) is 12.0 Å². The van der Waals surface area contributed by atoms with Crippen molar-refractivity contribution in [2.75, 3.05) is 7.11 Å². The Morgan fingerprint density at radius 2 is 2.04 bits per heavy atom. The van der Waals surface area contributed by atoms with Gasteiger partial charge in [-0.05, 0) is 46.5 Å². The molecule has 25 heavy (non-hydrogen) atoms. The highest BCUT2D eigenvalue weighted by atomic mass is 32.2. The summed E-state index contributed by atoms with van der Waals surface area (Å²) in [6.07, 6.45) is 1.64. The van der Waals surface area contributed by atoms with Gasteiger partial charge in [0.25, 0.3) is 0 Å². The number of phenols is 2. The molecule has 0 bridgehead atoms. The molecule has 0 saturated heterocycles. The summed E-state index contributed by atoms with van der Waals surface area (Å²) >= 11 is 1.21. The number of aryl methyl sites for hydroxylation is 1. The highest BCUT2D eigenvalue weighted by Gasteiger charge is 2.26. The molecule has 0 amide bonds. The Hall–Kier alpha value is -2.29. The number of rotatable bonds is 7. The second-order valence-corrected chi connectivity index (χ2v) is 7.35. The van der Waals surface area contributed by atoms with Crippen molar-refractivity contribution < 1.29 is 19.7 Å². The summed E-state index contributed by atoms with van der Waals surface area (Å²) in [5.74, 6) is -0.280. The van der Waals surface area contributed by atoms with E-state index >= 15 is 0 Å². The molecule has 2 N–H and O–H groups in total. The third-order valence-corrected chi connectivity index (χ3v) is 5.07. The first-order valence-corrected chi connectivity index (χ1v) is 8.59. The minimum Gasteiger partial charge on any atom is -0.508 e. The van der Waals surface area contributed by atoms with E-state index in [1.165, 1.54) is 29.6 Å². The Morgan fingerprint density at radius 1 is 1.32 bits per heavy atom. The van der Waals surface area contributed by atoms with E-state index in [0.717, 1.165) is 0 Å². The lowest BCUT2D eigenvalue weighted by molar-refractivity contribution is -0.140. The van der Waals surface area contributed by atoms with Crippen molar-refractivity contribution in [3.63, 3.8) is 0 Å². The fraction of sp³-hybridized carbons (Fsp3) is 0.500. The number of carbonyl (C=O) groups is 1. The average molecular weight is 366 g/mol. The summed E-state index contributed by atoms with van der Waals surface area (Å²) in [6.45, 7) is 3.96. The number of esters is 1. The minimum atomic E-state index is -0.390. The molecule has 0 radical (unpaired) electrons. The molecule has 2 rings (SSSR count). The molecule has 136 valence electrons. The lowest BCUT2D eigenvalue weighted by atomic mass is 9.79. The predicted molar refractivity (Wildman–Crippen MR) is 91.6 cm³/mol. The van der Waals surface area contributed by atoms with Crippen molar-refractivity contribution in [2.24, 2.45) is 7.05 Å². The van der Waals surface area contributed by atoms with Crippen LogP contribution in [0.5, 0.6) is 11.5 Å². The molecule has 0 saturated carbocycles. The van der Waals surface area contributed by atoms with Gasteiger partial charge in [-0.25, -0.2) is 4.68 Å². The van der Waals surface area contributed by atoms with E-state index in [0.29, 0.717) is 34.9 Å². The summed E-state index contributed by atoms with van der Waals surface area (Å²) in [7, 11) is 3.07. The molecular weight excluding hydrogens is 344 g/mol. The van der Waals surface area contributed by atoms with Gasteiger partial charge in [0, 0.05) is 25.1 Å². The maximum atomic E-state index is 11.3. The van der Waals surface area contributed by atoms with Crippen molar-refractivity contribution >= 4 is 17.7 Å². The first-order chi connectivity index (χ1) is 11.7. The molecular formula is C16H22N4O4S. The molecule has 0 spiro atoms. The summed E-state index contributed by atoms with van der Waals surface area (Å²) in [4.78, 5) is 11.8. The van der Waals surface area contributed by atoms with Crippen LogP contribution in [-0.2, 0) is 22.0 Å². The molecule has 2 aromatic rings. The number of tetrazole rings is 1. The van der Waals surface area contributed by atoms with Crippen LogP contribution in [0.25, 0.3) is 0 Å². The first-order valence-electron chi connectivity index (χ1n) is 7.78. The predicted octanol–water partition coefficient (Wildman–Crippen LogP) is 2.39. The zero-order chi connectivity index (χ0) is 18.6. The van der Waals surface area contributed by atoms with Crippen LogP contribution in [0.15, 0.2) is 22.2 Å². The Labute approximate surface area is 150 Å². The second kappa shape index (κ2) is 7.73. The van der Waals surface area contributed by atoms with Gasteiger partial charge in [0.2, 0.25) is 5.16 Å². The number of aromatic nitrogens is 4. The van der Waals surface area contributed by atoms with Gasteiger partial charge in [-0.15, -0.1) is 5.10 Å². The van der Waals surface area contributed by atoms with Crippen molar-refractivity contribution in [3.05, 3.63) is 17.7 Å². The van der Waals surface area contributed by atoms with Gasteiger partial charge in [0.15, 0.2) is 0 Å². The topological polar surface area (TPSA) is 110 Å². The molecule has 0 unspecified atom stereocenters. The number of ether oxygens (including phenoxy) is 1. The Balaban J connectivity index is 2.23. The summed E-state index contributed by atoms with van der Waals surface area (Å²) in [5, 5.41) is 32.1. The normalized spacial score (nSPS) is 11.5. The van der Waals surface area contributed by atoms with Crippen LogP contribution in [0.4, 0.5) is 0 Å². The van der Waals surface area contributed by atoms with Gasteiger partial charge in [-0.1, -0.05) is 13.8 Å². The van der Waals surface area contributed by atoms with E-state index < -0.39 is 0 Å². The number of methoxy groups -OCH3 is 1. The number of phenolic OH excluding ortho intramolecular Hbond substituents is 2. The smallest absolute Gasteiger partial charge is 0.305 e. The highest BCUT2D eigenvalue weighted by molar-refractivity contribution is 7.99. The van der Waals surface area contributed by atoms with Gasteiger partial charge in [0.1, 0.15) is 11.5 Å². The van der Waals surface area contributed by atoms with E-state index in [1.54, 1.807) is 13.1 Å². The van der Waals surface area contributed by atoms with E-state index in [1.807, 2.05) is 13.8 Å². The van der Waals surface area contributed by atoms with Crippen LogP contribution in [0.1, 0.15) is 38.7 Å². The Bertz CT molecular complexity index is 761. The molecule has 1 heterocycles. The quantitative estimate of drug-likeness (QED) is 0.719. The third-order valence-electron chi connectivity index (χ3n) is 4.00. The molecule has 0 atom stereocenters. The number of hydrogen-bond acceptors (Lipinski definition) is 8. The van der Waals surface area contributed by atoms with Crippen molar-refractivity contribution in [1.82, 2.24) is 20.2 Å². The molecule has 0 aliphatic rings. The number of aromatic hydroxyl groups is 2. The lowest BCUT2D eigenvalue weighted by Gasteiger charge is -2.26. The maximum absolute atomic E-state index is 11.3. The van der Waals surface area contributed by atoms with Gasteiger partial charge >= 0.3 is 5.97 Å². The van der Waals surface area contributed by atoms with Crippen molar-refractivity contribution in [2.45, 2.75) is 48.6 Å². The van der Waals surface area contributed by atoms with Crippen LogP contribution in [0.3, 0.4) is 0 Å². The monoisotopic (exact) mass is 366 g/mol. The van der Waals surface area contributed by atoms with E-state index in [-0.39, 0.29) is 22.9 Å². The summed E-state index contributed by atoms with van der Waals surface area (Å²) in [5.41, 5.74) is 0.298. The molecule has 0 fully saturated rings. The van der Waals surface area contributed by atoms with E-state index in [2.05, 4.69) is 20.3 Å². The number of nitrogens with zero attached hydrogens (tertiary/aromatic N) is 4. The van der Waals surface area contributed by atoms with Crippen molar-refractivity contribution in [1.29, 1.82) is 0 Å². The van der Waals surface area contributed by atoms with Crippen LogP contribution in [0, 0.1) is 0 Å². The minimum absolute atomic E-state index is 0.0148. The zero-order valence-corrected chi connectivity index (χ0v) is 15.5. The van der Waals surface area contributed by atoms with Crippen LogP contribution < -0.4 is 0 Å². The molecule has 0 aliphatic heterocycles. The number of benzene rings is 1. The standard InChI is InChI=1S/C16H22N4O4S/c1-16(2,7-5-6-14(23)24-4)10-8-13(12(22)9-11(10)21)25-15-17-18-19-20(15)3/h8-9,21-22H,5-7H2,1-4H3. The second-order valence-electron chi connectivity index (χ2n) is 6.34. The molecule has 9 heteroatoms. The average Bonchev–Trinajstić information content (AvgIpc) is 2.94. The maximum Gasteiger partial charge on any atom is 0.305 e. The number of hydrogen-bond donors (Lipinski definition) is 2. The summed E-state index contributed by atoms with van der Waals surface area (Å²) < 4.78 is 6.15.